The molecule has 0 saturated carbocycles. The fourth-order valence-electron chi connectivity index (χ4n) is 1.63. The van der Waals surface area contributed by atoms with Crippen molar-refractivity contribution in [1.82, 2.24) is 0 Å². The molecular formula is C12H18O4. The average molecular weight is 226 g/mol. The van der Waals surface area contributed by atoms with E-state index in [2.05, 4.69) is 4.74 Å². The number of carbonyl (C=O) groups is 1. The lowest BCUT2D eigenvalue weighted by molar-refractivity contribution is -0.136. The summed E-state index contributed by atoms with van der Waals surface area (Å²) in [5, 5.41) is 0. The molecule has 0 amide bonds. The number of hydrogen-bond acceptors (Lipinski definition) is 4. The number of carbonyl (C=O) groups excluding carboxylic acids is 1. The molecule has 0 heterocycles. The fraction of sp³-hybridized carbons (Fsp3) is 0.583. The van der Waals surface area contributed by atoms with Gasteiger partial charge < -0.3 is 14.2 Å². The minimum absolute atomic E-state index is 0.209. The first-order valence-corrected chi connectivity index (χ1v) is 5.23. The SMILES string of the molecule is COC(=O)C1=CC=C(CC(OC)OC)CC1. The standard InChI is InChI=1S/C12H18O4/c1-14-11(15-2)8-9-4-6-10(7-5-9)12(13)16-3/h4,6,11H,5,7-8H2,1-3H3. The highest BCUT2D eigenvalue weighted by atomic mass is 16.7. The third kappa shape index (κ3) is 3.47. The molecule has 1 rings (SSSR count). The molecule has 0 aromatic heterocycles. The summed E-state index contributed by atoms with van der Waals surface area (Å²) >= 11 is 0. The summed E-state index contributed by atoms with van der Waals surface area (Å²) < 4.78 is 14.9. The molecular weight excluding hydrogens is 208 g/mol. The molecule has 0 saturated heterocycles. The number of methoxy groups -OCH3 is 3. The summed E-state index contributed by atoms with van der Waals surface area (Å²) in [6.07, 6.45) is 5.86. The molecule has 0 radical (unpaired) electrons. The number of rotatable bonds is 5. The van der Waals surface area contributed by atoms with Gasteiger partial charge in [-0.2, -0.15) is 0 Å². The van der Waals surface area contributed by atoms with Crippen molar-refractivity contribution in [3.63, 3.8) is 0 Å². The highest BCUT2D eigenvalue weighted by Crippen LogP contribution is 2.23. The first-order valence-electron chi connectivity index (χ1n) is 5.23. The second-order valence-electron chi connectivity index (χ2n) is 3.61. The van der Waals surface area contributed by atoms with E-state index in [0.717, 1.165) is 24.8 Å². The molecule has 0 aromatic rings. The zero-order chi connectivity index (χ0) is 12.0. The van der Waals surface area contributed by atoms with E-state index in [1.165, 1.54) is 12.7 Å². The molecule has 0 atom stereocenters. The van der Waals surface area contributed by atoms with E-state index < -0.39 is 0 Å². The molecule has 0 aliphatic heterocycles. The minimum atomic E-state index is -0.245. The average Bonchev–Trinajstić information content (AvgIpc) is 2.35. The first-order chi connectivity index (χ1) is 7.71. The Morgan fingerprint density at radius 1 is 1.25 bits per heavy atom. The van der Waals surface area contributed by atoms with E-state index in [0.29, 0.717) is 0 Å². The van der Waals surface area contributed by atoms with Crippen LogP contribution in [0.4, 0.5) is 0 Å². The maximum Gasteiger partial charge on any atom is 0.333 e. The summed E-state index contributed by atoms with van der Waals surface area (Å²) in [5.41, 5.74) is 1.94. The van der Waals surface area contributed by atoms with Gasteiger partial charge in [0.2, 0.25) is 0 Å². The molecule has 0 aromatic carbocycles. The Kier molecular flexibility index (Phi) is 5.22. The lowest BCUT2D eigenvalue weighted by atomic mass is 9.96. The van der Waals surface area contributed by atoms with E-state index in [1.54, 1.807) is 14.2 Å². The van der Waals surface area contributed by atoms with Crippen LogP contribution in [-0.2, 0) is 19.0 Å². The van der Waals surface area contributed by atoms with Gasteiger partial charge in [0.25, 0.3) is 0 Å². The molecule has 4 heteroatoms. The van der Waals surface area contributed by atoms with Gasteiger partial charge in [-0.15, -0.1) is 0 Å². The number of hydrogen-bond donors (Lipinski definition) is 0. The van der Waals surface area contributed by atoms with E-state index >= 15 is 0 Å². The van der Waals surface area contributed by atoms with E-state index in [9.17, 15) is 4.79 Å². The van der Waals surface area contributed by atoms with Crippen molar-refractivity contribution in [3.8, 4) is 0 Å². The summed E-state index contributed by atoms with van der Waals surface area (Å²) in [5.74, 6) is -0.245. The van der Waals surface area contributed by atoms with Crippen molar-refractivity contribution >= 4 is 5.97 Å². The van der Waals surface area contributed by atoms with Crippen LogP contribution in [0.1, 0.15) is 19.3 Å². The van der Waals surface area contributed by atoms with Crippen LogP contribution in [0, 0.1) is 0 Å². The Bertz CT molecular complexity index is 300. The van der Waals surface area contributed by atoms with E-state index in [-0.39, 0.29) is 12.3 Å². The Hall–Kier alpha value is -1.13. The lowest BCUT2D eigenvalue weighted by Crippen LogP contribution is -2.15. The molecule has 0 unspecified atom stereocenters. The quantitative estimate of drug-likeness (QED) is 0.530. The van der Waals surface area contributed by atoms with Crippen molar-refractivity contribution in [2.75, 3.05) is 21.3 Å². The van der Waals surface area contributed by atoms with Gasteiger partial charge >= 0.3 is 5.97 Å². The Labute approximate surface area is 95.9 Å². The van der Waals surface area contributed by atoms with Crippen LogP contribution in [0.2, 0.25) is 0 Å². The third-order valence-electron chi connectivity index (χ3n) is 2.64. The van der Waals surface area contributed by atoms with Crippen LogP contribution >= 0.6 is 0 Å². The van der Waals surface area contributed by atoms with Crippen LogP contribution in [0.3, 0.4) is 0 Å². The van der Waals surface area contributed by atoms with Gasteiger partial charge in [0.1, 0.15) is 0 Å². The van der Waals surface area contributed by atoms with Gasteiger partial charge in [-0.25, -0.2) is 4.79 Å². The van der Waals surface area contributed by atoms with Gasteiger partial charge in [-0.3, -0.25) is 0 Å². The van der Waals surface area contributed by atoms with Crippen molar-refractivity contribution in [1.29, 1.82) is 0 Å². The van der Waals surface area contributed by atoms with Gasteiger partial charge in [0.15, 0.2) is 6.29 Å². The van der Waals surface area contributed by atoms with Gasteiger partial charge in [-0.05, 0) is 12.8 Å². The summed E-state index contributed by atoms with van der Waals surface area (Å²) in [6.45, 7) is 0. The normalized spacial score (nSPS) is 15.8. The maximum atomic E-state index is 11.2. The second kappa shape index (κ2) is 6.45. The predicted molar refractivity (Wildman–Crippen MR) is 59.8 cm³/mol. The second-order valence-corrected chi connectivity index (χ2v) is 3.61. The molecule has 0 N–H and O–H groups in total. The van der Waals surface area contributed by atoms with Crippen molar-refractivity contribution in [2.45, 2.75) is 25.6 Å². The molecule has 0 spiro atoms. The molecule has 1 aliphatic carbocycles. The predicted octanol–water partition coefficient (Wildman–Crippen LogP) is 1.81. The van der Waals surface area contributed by atoms with Gasteiger partial charge in [-0.1, -0.05) is 17.7 Å². The Balaban J connectivity index is 2.57. The molecule has 4 nitrogen and oxygen atoms in total. The Morgan fingerprint density at radius 3 is 2.38 bits per heavy atom. The Morgan fingerprint density at radius 2 is 1.94 bits per heavy atom. The monoisotopic (exact) mass is 226 g/mol. The summed E-state index contributed by atoms with van der Waals surface area (Å²) in [6, 6.07) is 0. The molecule has 1 aliphatic rings. The van der Waals surface area contributed by atoms with Crippen molar-refractivity contribution in [3.05, 3.63) is 23.3 Å². The minimum Gasteiger partial charge on any atom is -0.466 e. The number of allylic oxidation sites excluding steroid dienone is 2. The number of ether oxygens (including phenoxy) is 3. The molecule has 0 fully saturated rings. The zero-order valence-electron chi connectivity index (χ0n) is 9.99. The zero-order valence-corrected chi connectivity index (χ0v) is 9.99. The largest absolute Gasteiger partial charge is 0.466 e. The van der Waals surface area contributed by atoms with Crippen LogP contribution in [0.5, 0.6) is 0 Å². The topological polar surface area (TPSA) is 44.8 Å². The van der Waals surface area contributed by atoms with Gasteiger partial charge in [0, 0.05) is 26.2 Å². The molecule has 90 valence electrons. The summed E-state index contributed by atoms with van der Waals surface area (Å²) in [7, 11) is 4.63. The lowest BCUT2D eigenvalue weighted by Gasteiger charge is -2.18. The highest BCUT2D eigenvalue weighted by molar-refractivity contribution is 5.89. The van der Waals surface area contributed by atoms with Crippen molar-refractivity contribution < 1.29 is 19.0 Å². The van der Waals surface area contributed by atoms with Crippen LogP contribution in [0.25, 0.3) is 0 Å². The first kappa shape index (κ1) is 12.9. The van der Waals surface area contributed by atoms with Crippen LogP contribution in [0.15, 0.2) is 23.3 Å². The molecule has 0 bridgehead atoms. The molecule has 16 heavy (non-hydrogen) atoms. The fourth-order valence-corrected chi connectivity index (χ4v) is 1.63. The smallest absolute Gasteiger partial charge is 0.333 e. The van der Waals surface area contributed by atoms with Crippen molar-refractivity contribution in [2.24, 2.45) is 0 Å². The third-order valence-corrected chi connectivity index (χ3v) is 2.64. The maximum absolute atomic E-state index is 11.2. The van der Waals surface area contributed by atoms with E-state index in [1.807, 2.05) is 12.2 Å². The van der Waals surface area contributed by atoms with Gasteiger partial charge in [0.05, 0.1) is 7.11 Å². The number of esters is 1. The van der Waals surface area contributed by atoms with Crippen LogP contribution in [-0.4, -0.2) is 33.6 Å². The van der Waals surface area contributed by atoms with E-state index in [4.69, 9.17) is 9.47 Å². The van der Waals surface area contributed by atoms with Crippen LogP contribution < -0.4 is 0 Å². The summed E-state index contributed by atoms with van der Waals surface area (Å²) in [4.78, 5) is 11.2. The highest BCUT2D eigenvalue weighted by Gasteiger charge is 2.16.